The third-order valence-corrected chi connectivity index (χ3v) is 3.42. The van der Waals surface area contributed by atoms with Gasteiger partial charge in [-0.15, -0.1) is 0 Å². The number of ether oxygens (including phenoxy) is 2. The summed E-state index contributed by atoms with van der Waals surface area (Å²) in [6, 6.07) is 12.9. The van der Waals surface area contributed by atoms with Gasteiger partial charge in [0, 0.05) is 5.56 Å². The van der Waals surface area contributed by atoms with Crippen LogP contribution in [0.15, 0.2) is 47.6 Å². The highest BCUT2D eigenvalue weighted by Crippen LogP contribution is 2.32. The molecule has 0 saturated carbocycles. The van der Waals surface area contributed by atoms with Gasteiger partial charge >= 0.3 is 0 Å². The van der Waals surface area contributed by atoms with Gasteiger partial charge in [-0.05, 0) is 36.5 Å². The van der Waals surface area contributed by atoms with Gasteiger partial charge in [-0.25, -0.2) is 0 Å². The van der Waals surface area contributed by atoms with Crippen LogP contribution in [0.5, 0.6) is 11.5 Å². The van der Waals surface area contributed by atoms with Gasteiger partial charge in [0.2, 0.25) is 0 Å². The van der Waals surface area contributed by atoms with Crippen molar-refractivity contribution in [3.8, 4) is 11.5 Å². The second-order valence-corrected chi connectivity index (χ2v) is 5.20. The van der Waals surface area contributed by atoms with Gasteiger partial charge < -0.3 is 14.8 Å². The first kappa shape index (κ1) is 17.1. The maximum atomic E-state index is 6.06. The normalized spacial score (nSPS) is 10.4. The minimum absolute atomic E-state index is 0.316. The number of nitrogens with zero attached hydrogens (tertiary/aromatic N) is 1. The molecule has 0 aliphatic carbocycles. The van der Waals surface area contributed by atoms with Crippen LogP contribution in [0.25, 0.3) is 0 Å². The fourth-order valence-corrected chi connectivity index (χ4v) is 2.31. The van der Waals surface area contributed by atoms with Crippen molar-refractivity contribution < 1.29 is 9.47 Å². The zero-order valence-corrected chi connectivity index (χ0v) is 14.2. The Morgan fingerprint density at radius 1 is 1.13 bits per heavy atom. The van der Waals surface area contributed by atoms with Crippen LogP contribution in [0.2, 0.25) is 5.02 Å². The molecule has 2 aromatic rings. The molecule has 0 spiro atoms. The van der Waals surface area contributed by atoms with E-state index in [-0.39, 0.29) is 0 Å². The monoisotopic (exact) mass is 349 g/mol. The number of hydrazone groups is 1. The number of anilines is 1. The summed E-state index contributed by atoms with van der Waals surface area (Å²) in [6.45, 7) is 0. The average molecular weight is 350 g/mol. The molecule has 120 valence electrons. The van der Waals surface area contributed by atoms with Gasteiger partial charge in [-0.1, -0.05) is 29.8 Å². The average Bonchev–Trinajstić information content (AvgIpc) is 2.55. The topological polar surface area (TPSA) is 54.9 Å². The van der Waals surface area contributed by atoms with Crippen LogP contribution in [-0.4, -0.2) is 25.5 Å². The number of methoxy groups -OCH3 is 2. The predicted molar refractivity (Wildman–Crippen MR) is 97.9 cm³/mol. The maximum absolute atomic E-state index is 6.06. The molecule has 2 aromatic carbocycles. The first-order chi connectivity index (χ1) is 11.2. The van der Waals surface area contributed by atoms with Crippen LogP contribution in [0, 0.1) is 0 Å². The number of nitrogens with one attached hydrogen (secondary N) is 2. The Morgan fingerprint density at radius 2 is 1.91 bits per heavy atom. The molecule has 0 aromatic heterocycles. The molecule has 0 saturated heterocycles. The summed E-state index contributed by atoms with van der Waals surface area (Å²) in [5.41, 5.74) is 4.23. The third-order valence-electron chi connectivity index (χ3n) is 2.93. The smallest absolute Gasteiger partial charge is 0.191 e. The van der Waals surface area contributed by atoms with Gasteiger partial charge in [0.05, 0.1) is 31.1 Å². The highest BCUT2D eigenvalue weighted by Gasteiger charge is 2.08. The van der Waals surface area contributed by atoms with E-state index in [1.807, 2.05) is 30.3 Å². The lowest BCUT2D eigenvalue weighted by molar-refractivity contribution is 0.414. The van der Waals surface area contributed by atoms with E-state index in [9.17, 15) is 0 Å². The Hall–Kier alpha value is -2.31. The van der Waals surface area contributed by atoms with Crippen LogP contribution in [0.3, 0.4) is 0 Å². The number of hydrogen-bond acceptors (Lipinski definition) is 4. The molecule has 23 heavy (non-hydrogen) atoms. The summed E-state index contributed by atoms with van der Waals surface area (Å²) in [4.78, 5) is 0. The van der Waals surface area contributed by atoms with Crippen molar-refractivity contribution in [2.24, 2.45) is 5.10 Å². The zero-order valence-electron chi connectivity index (χ0n) is 12.7. The largest absolute Gasteiger partial charge is 0.496 e. The van der Waals surface area contributed by atoms with Crippen molar-refractivity contribution in [1.29, 1.82) is 0 Å². The van der Waals surface area contributed by atoms with Crippen molar-refractivity contribution in [3.63, 3.8) is 0 Å². The lowest BCUT2D eigenvalue weighted by Gasteiger charge is -2.12. The van der Waals surface area contributed by atoms with E-state index in [4.69, 9.17) is 33.3 Å². The molecular formula is C16H16ClN3O2S. The standard InChI is InChI=1S/C16H16ClN3O2S/c1-21-14-9-4-3-6-11(14)10-18-20-16(23)19-13-8-5-7-12(17)15(13)22-2/h3-10H,1-2H3,(H2,19,20,23). The quantitative estimate of drug-likeness (QED) is 0.490. The lowest BCUT2D eigenvalue weighted by Crippen LogP contribution is -2.24. The minimum atomic E-state index is 0.316. The van der Waals surface area contributed by atoms with Crippen molar-refractivity contribution in [2.75, 3.05) is 19.5 Å². The summed E-state index contributed by atoms with van der Waals surface area (Å²) in [5.74, 6) is 1.25. The summed E-state index contributed by atoms with van der Waals surface area (Å²) in [5, 5.41) is 7.89. The van der Waals surface area contributed by atoms with E-state index in [2.05, 4.69) is 15.8 Å². The number of thiocarbonyl (C=S) groups is 1. The molecule has 0 bridgehead atoms. The number of hydrogen-bond donors (Lipinski definition) is 2. The van der Waals surface area contributed by atoms with Gasteiger partial charge in [0.1, 0.15) is 5.75 Å². The number of rotatable bonds is 5. The second kappa shape index (κ2) is 8.36. The molecule has 0 amide bonds. The van der Waals surface area contributed by atoms with E-state index >= 15 is 0 Å². The Balaban J connectivity index is 2.01. The lowest BCUT2D eigenvalue weighted by atomic mass is 10.2. The maximum Gasteiger partial charge on any atom is 0.191 e. The van der Waals surface area contributed by atoms with Crippen molar-refractivity contribution >= 4 is 40.8 Å². The van der Waals surface area contributed by atoms with E-state index in [0.29, 0.717) is 21.6 Å². The van der Waals surface area contributed by atoms with Crippen LogP contribution >= 0.6 is 23.8 Å². The van der Waals surface area contributed by atoms with Crippen LogP contribution in [0.4, 0.5) is 5.69 Å². The summed E-state index contributed by atoms with van der Waals surface area (Å²) < 4.78 is 10.5. The number of benzene rings is 2. The molecular weight excluding hydrogens is 334 g/mol. The van der Waals surface area contributed by atoms with E-state index in [1.54, 1.807) is 32.6 Å². The van der Waals surface area contributed by atoms with Crippen molar-refractivity contribution in [3.05, 3.63) is 53.1 Å². The highest BCUT2D eigenvalue weighted by atomic mass is 35.5. The SMILES string of the molecule is COc1ccccc1C=NNC(=S)Nc1cccc(Cl)c1OC. The Bertz CT molecular complexity index is 722. The fraction of sp³-hybridized carbons (Fsp3) is 0.125. The molecule has 5 nitrogen and oxygen atoms in total. The van der Waals surface area contributed by atoms with E-state index < -0.39 is 0 Å². The predicted octanol–water partition coefficient (Wildman–Crippen LogP) is 3.68. The molecule has 0 unspecified atom stereocenters. The van der Waals surface area contributed by atoms with Crippen LogP contribution in [-0.2, 0) is 0 Å². The molecule has 2 rings (SSSR count). The highest BCUT2D eigenvalue weighted by molar-refractivity contribution is 7.80. The Morgan fingerprint density at radius 3 is 2.65 bits per heavy atom. The van der Waals surface area contributed by atoms with Gasteiger partial charge in [0.25, 0.3) is 0 Å². The molecule has 0 fully saturated rings. The molecule has 0 atom stereocenters. The molecule has 0 radical (unpaired) electrons. The van der Waals surface area contributed by atoms with Gasteiger partial charge in [-0.2, -0.15) is 5.10 Å². The number of halogens is 1. The second-order valence-electron chi connectivity index (χ2n) is 4.39. The van der Waals surface area contributed by atoms with E-state index in [0.717, 1.165) is 11.3 Å². The molecule has 0 aliphatic heterocycles. The van der Waals surface area contributed by atoms with Crippen LogP contribution < -0.4 is 20.2 Å². The fourth-order valence-electron chi connectivity index (χ4n) is 1.90. The zero-order chi connectivity index (χ0) is 16.7. The van der Waals surface area contributed by atoms with Gasteiger partial charge in [0.15, 0.2) is 10.9 Å². The van der Waals surface area contributed by atoms with Gasteiger partial charge in [-0.3, -0.25) is 5.43 Å². The first-order valence-corrected chi connectivity index (χ1v) is 7.50. The third kappa shape index (κ3) is 4.58. The Labute approximate surface area is 145 Å². The Kier molecular flexibility index (Phi) is 6.19. The summed E-state index contributed by atoms with van der Waals surface area (Å²) >= 11 is 11.3. The van der Waals surface area contributed by atoms with Crippen molar-refractivity contribution in [2.45, 2.75) is 0 Å². The minimum Gasteiger partial charge on any atom is -0.496 e. The molecule has 0 aliphatic rings. The molecule has 7 heteroatoms. The van der Waals surface area contributed by atoms with E-state index in [1.165, 1.54) is 0 Å². The molecule has 0 heterocycles. The van der Waals surface area contributed by atoms with Crippen LogP contribution in [0.1, 0.15) is 5.56 Å². The number of para-hydroxylation sites is 2. The first-order valence-electron chi connectivity index (χ1n) is 6.71. The molecule has 2 N–H and O–H groups in total. The van der Waals surface area contributed by atoms with Crippen molar-refractivity contribution in [1.82, 2.24) is 5.43 Å². The summed E-state index contributed by atoms with van der Waals surface area (Å²) in [6.07, 6.45) is 1.63. The summed E-state index contributed by atoms with van der Waals surface area (Å²) in [7, 11) is 3.15.